The van der Waals surface area contributed by atoms with Crippen LogP contribution in [0.2, 0.25) is 0 Å². The van der Waals surface area contributed by atoms with Gasteiger partial charge in [-0.3, -0.25) is 4.79 Å². The summed E-state index contributed by atoms with van der Waals surface area (Å²) >= 11 is 3.40. The number of hydrogen-bond donors (Lipinski definition) is 1. The van der Waals surface area contributed by atoms with Crippen LogP contribution in [0.5, 0.6) is 0 Å². The first-order valence-corrected chi connectivity index (χ1v) is 11.9. The fourth-order valence-corrected chi connectivity index (χ4v) is 5.35. The number of hydrogen-bond acceptors (Lipinski definition) is 7. The quantitative estimate of drug-likeness (QED) is 0.403. The maximum atomic E-state index is 13.1. The highest BCUT2D eigenvalue weighted by atomic mass is 32.2. The number of thioether (sulfide) groups is 1. The van der Waals surface area contributed by atoms with E-state index in [1.807, 2.05) is 42.5 Å². The van der Waals surface area contributed by atoms with Gasteiger partial charge in [0.15, 0.2) is 5.76 Å². The van der Waals surface area contributed by atoms with Crippen molar-refractivity contribution >= 4 is 51.5 Å². The number of thiophene rings is 1. The third-order valence-electron chi connectivity index (χ3n) is 5.10. The number of aromatic nitrogens is 1. The maximum Gasteiger partial charge on any atom is 0.291 e. The average Bonchev–Trinajstić information content (AvgIpc) is 3.46. The molecule has 0 bridgehead atoms. The van der Waals surface area contributed by atoms with E-state index in [2.05, 4.69) is 26.6 Å². The summed E-state index contributed by atoms with van der Waals surface area (Å²) in [6.07, 6.45) is 1.69. The van der Waals surface area contributed by atoms with Crippen molar-refractivity contribution in [3.8, 4) is 0 Å². The van der Waals surface area contributed by atoms with Crippen molar-refractivity contribution in [2.75, 3.05) is 36.5 Å². The fraction of sp³-hybridized carbons (Fsp3) is 0.217. The Kier molecular flexibility index (Phi) is 5.93. The van der Waals surface area contributed by atoms with Gasteiger partial charge in [0.05, 0.1) is 29.3 Å². The number of fused-ring (bicyclic) bond motifs is 1. The molecular weight excluding hydrogens is 430 g/mol. The standard InChI is InChI=1S/C23H21N3O3S2/c27-23(25-16-7-8-20(24-14-16)26-9-11-28-12-10-26)22-18(15-31-21-6-3-13-30-21)17-4-1-2-5-19(17)29-22/h1-8,13-14H,9-12,15H2,(H,25,27). The normalized spacial score (nSPS) is 14.1. The minimum absolute atomic E-state index is 0.265. The maximum absolute atomic E-state index is 13.1. The predicted octanol–water partition coefficient (Wildman–Crippen LogP) is 5.27. The summed E-state index contributed by atoms with van der Waals surface area (Å²) in [6.45, 7) is 3.06. The van der Waals surface area contributed by atoms with Gasteiger partial charge in [-0.05, 0) is 29.6 Å². The Labute approximate surface area is 188 Å². The van der Waals surface area contributed by atoms with Crippen LogP contribution in [0, 0.1) is 0 Å². The minimum atomic E-state index is -0.265. The van der Waals surface area contributed by atoms with Crippen LogP contribution >= 0.6 is 23.1 Å². The number of carbonyl (C=O) groups excluding carboxylic acids is 1. The molecule has 1 saturated heterocycles. The Hall–Kier alpha value is -2.81. The lowest BCUT2D eigenvalue weighted by Crippen LogP contribution is -2.36. The molecule has 1 aliphatic heterocycles. The van der Waals surface area contributed by atoms with Crippen molar-refractivity contribution in [3.05, 3.63) is 71.4 Å². The topological polar surface area (TPSA) is 67.6 Å². The second-order valence-corrected chi connectivity index (χ2v) is 9.31. The summed E-state index contributed by atoms with van der Waals surface area (Å²) in [5.74, 6) is 1.63. The van der Waals surface area contributed by atoms with E-state index in [1.54, 1.807) is 29.3 Å². The molecule has 0 radical (unpaired) electrons. The molecule has 1 fully saturated rings. The van der Waals surface area contributed by atoms with Crippen LogP contribution < -0.4 is 10.2 Å². The number of morpholine rings is 1. The highest BCUT2D eigenvalue weighted by Crippen LogP contribution is 2.34. The summed E-state index contributed by atoms with van der Waals surface area (Å²) in [4.78, 5) is 19.8. The van der Waals surface area contributed by atoms with Gasteiger partial charge in [0.2, 0.25) is 0 Å². The number of amides is 1. The van der Waals surface area contributed by atoms with Gasteiger partial charge in [-0.1, -0.05) is 24.3 Å². The molecule has 31 heavy (non-hydrogen) atoms. The smallest absolute Gasteiger partial charge is 0.291 e. The number of rotatable bonds is 6. The van der Waals surface area contributed by atoms with Gasteiger partial charge in [-0.2, -0.15) is 0 Å². The second kappa shape index (κ2) is 9.13. The zero-order valence-corrected chi connectivity index (χ0v) is 18.4. The third-order valence-corrected chi connectivity index (χ3v) is 7.26. The third kappa shape index (κ3) is 4.46. The van der Waals surface area contributed by atoms with Gasteiger partial charge in [-0.25, -0.2) is 4.98 Å². The Morgan fingerprint density at radius 3 is 2.77 bits per heavy atom. The second-order valence-electron chi connectivity index (χ2n) is 7.09. The van der Waals surface area contributed by atoms with Crippen LogP contribution in [0.3, 0.4) is 0 Å². The van der Waals surface area contributed by atoms with Crippen molar-refractivity contribution in [1.82, 2.24) is 4.98 Å². The van der Waals surface area contributed by atoms with E-state index in [4.69, 9.17) is 9.15 Å². The van der Waals surface area contributed by atoms with Crippen LogP contribution in [0.1, 0.15) is 16.1 Å². The number of nitrogens with zero attached hydrogens (tertiary/aromatic N) is 2. The van der Waals surface area contributed by atoms with Crippen LogP contribution in [-0.4, -0.2) is 37.2 Å². The van der Waals surface area contributed by atoms with Gasteiger partial charge in [0.25, 0.3) is 5.91 Å². The molecule has 5 rings (SSSR count). The zero-order chi connectivity index (χ0) is 21.0. The van der Waals surface area contributed by atoms with E-state index >= 15 is 0 Å². The summed E-state index contributed by atoms with van der Waals surface area (Å²) < 4.78 is 12.6. The number of furan rings is 1. The monoisotopic (exact) mass is 451 g/mol. The van der Waals surface area contributed by atoms with Crippen molar-refractivity contribution in [1.29, 1.82) is 0 Å². The minimum Gasteiger partial charge on any atom is -0.451 e. The summed E-state index contributed by atoms with van der Waals surface area (Å²) in [7, 11) is 0. The van der Waals surface area contributed by atoms with Crippen LogP contribution in [0.15, 0.2) is 68.7 Å². The Morgan fingerprint density at radius 1 is 1.13 bits per heavy atom. The van der Waals surface area contributed by atoms with Crippen molar-refractivity contribution < 1.29 is 13.9 Å². The molecule has 1 aliphatic rings. The summed E-state index contributed by atoms with van der Waals surface area (Å²) in [5, 5.41) is 5.96. The predicted molar refractivity (Wildman–Crippen MR) is 125 cm³/mol. The molecule has 158 valence electrons. The van der Waals surface area contributed by atoms with E-state index in [1.165, 1.54) is 4.21 Å². The highest BCUT2D eigenvalue weighted by Gasteiger charge is 2.21. The van der Waals surface area contributed by atoms with Crippen molar-refractivity contribution in [2.45, 2.75) is 9.96 Å². The Bertz CT molecular complexity index is 1170. The van der Waals surface area contributed by atoms with E-state index in [0.717, 1.165) is 35.4 Å². The molecular formula is C23H21N3O3S2. The molecule has 1 amide bonds. The first kappa shape index (κ1) is 20.1. The number of nitrogens with one attached hydrogen (secondary N) is 1. The first-order chi connectivity index (χ1) is 15.3. The number of carbonyl (C=O) groups is 1. The van der Waals surface area contributed by atoms with E-state index < -0.39 is 0 Å². The van der Waals surface area contributed by atoms with Gasteiger partial charge < -0.3 is 19.4 Å². The Balaban J connectivity index is 1.35. The lowest BCUT2D eigenvalue weighted by atomic mass is 10.1. The molecule has 8 heteroatoms. The van der Waals surface area contributed by atoms with Crippen LogP contribution in [0.4, 0.5) is 11.5 Å². The molecule has 0 unspecified atom stereocenters. The number of para-hydroxylation sites is 1. The average molecular weight is 452 g/mol. The van der Waals surface area contributed by atoms with Crippen LogP contribution in [-0.2, 0) is 10.5 Å². The molecule has 0 saturated carbocycles. The first-order valence-electron chi connectivity index (χ1n) is 10.0. The molecule has 3 aromatic heterocycles. The molecule has 1 N–H and O–H groups in total. The molecule has 0 spiro atoms. The van der Waals surface area contributed by atoms with Gasteiger partial charge in [0.1, 0.15) is 11.4 Å². The van der Waals surface area contributed by atoms with E-state index in [0.29, 0.717) is 30.4 Å². The largest absolute Gasteiger partial charge is 0.451 e. The summed E-state index contributed by atoms with van der Waals surface area (Å²) in [6, 6.07) is 15.7. The number of anilines is 2. The lowest BCUT2D eigenvalue weighted by Gasteiger charge is -2.27. The van der Waals surface area contributed by atoms with Gasteiger partial charge >= 0.3 is 0 Å². The highest BCUT2D eigenvalue weighted by molar-refractivity contribution is 8.00. The van der Waals surface area contributed by atoms with Crippen molar-refractivity contribution in [2.24, 2.45) is 0 Å². The zero-order valence-electron chi connectivity index (χ0n) is 16.7. The summed E-state index contributed by atoms with van der Waals surface area (Å²) in [5.41, 5.74) is 2.26. The SMILES string of the molecule is O=C(Nc1ccc(N2CCOCC2)nc1)c1oc2ccccc2c1CSc1cccs1. The van der Waals surface area contributed by atoms with E-state index in [9.17, 15) is 4.79 Å². The molecule has 4 aromatic rings. The van der Waals surface area contributed by atoms with Gasteiger partial charge in [-0.15, -0.1) is 23.1 Å². The van der Waals surface area contributed by atoms with Crippen LogP contribution in [0.25, 0.3) is 11.0 Å². The van der Waals surface area contributed by atoms with Gasteiger partial charge in [0, 0.05) is 29.8 Å². The molecule has 6 nitrogen and oxygen atoms in total. The lowest BCUT2D eigenvalue weighted by molar-refractivity contribution is 0.0998. The number of benzene rings is 1. The number of ether oxygens (including phenoxy) is 1. The molecule has 0 aliphatic carbocycles. The van der Waals surface area contributed by atoms with Crippen molar-refractivity contribution in [3.63, 3.8) is 0 Å². The molecule has 0 atom stereocenters. The molecule has 1 aromatic carbocycles. The molecule has 4 heterocycles. The fourth-order valence-electron chi connectivity index (χ4n) is 3.54. The Morgan fingerprint density at radius 2 is 2.00 bits per heavy atom. The van der Waals surface area contributed by atoms with E-state index in [-0.39, 0.29) is 5.91 Å². The number of pyridine rings is 1.